The van der Waals surface area contributed by atoms with Gasteiger partial charge in [-0.3, -0.25) is 0 Å². The standard InChI is InChI=1S/C10H16N6O2S/c1-11-10-14-8-7(12-6-13-8)9(15-10)16(2)4-5-19(3,17)18/h6H,4-5H2,1-3H3,(H2,11,12,13,14,15). The van der Waals surface area contributed by atoms with Crippen LogP contribution in [-0.2, 0) is 9.84 Å². The summed E-state index contributed by atoms with van der Waals surface area (Å²) in [7, 11) is 0.492. The molecule has 0 radical (unpaired) electrons. The number of hydrogen-bond acceptors (Lipinski definition) is 7. The number of nitrogens with zero attached hydrogens (tertiary/aromatic N) is 4. The number of aromatic nitrogens is 4. The van der Waals surface area contributed by atoms with E-state index in [2.05, 4.69) is 25.3 Å². The van der Waals surface area contributed by atoms with Gasteiger partial charge in [-0.05, 0) is 0 Å². The molecule has 0 bridgehead atoms. The lowest BCUT2D eigenvalue weighted by Gasteiger charge is -2.18. The molecule has 19 heavy (non-hydrogen) atoms. The predicted octanol–water partition coefficient (Wildman–Crippen LogP) is -0.125. The van der Waals surface area contributed by atoms with Gasteiger partial charge in [0.2, 0.25) is 5.95 Å². The molecule has 2 aromatic rings. The van der Waals surface area contributed by atoms with E-state index in [4.69, 9.17) is 0 Å². The number of fused-ring (bicyclic) bond motifs is 1. The Bertz CT molecular complexity index is 680. The zero-order chi connectivity index (χ0) is 14.0. The van der Waals surface area contributed by atoms with Gasteiger partial charge in [0.15, 0.2) is 11.5 Å². The molecule has 0 fully saturated rings. The minimum atomic E-state index is -3.01. The first-order valence-corrected chi connectivity index (χ1v) is 7.74. The minimum absolute atomic E-state index is 0.0675. The third-order valence-electron chi connectivity index (χ3n) is 2.65. The lowest BCUT2D eigenvalue weighted by Crippen LogP contribution is -2.26. The van der Waals surface area contributed by atoms with Crippen molar-refractivity contribution in [3.63, 3.8) is 0 Å². The fourth-order valence-electron chi connectivity index (χ4n) is 1.61. The predicted molar refractivity (Wildman–Crippen MR) is 74.2 cm³/mol. The molecule has 2 N–H and O–H groups in total. The van der Waals surface area contributed by atoms with Gasteiger partial charge >= 0.3 is 0 Å². The maximum atomic E-state index is 11.2. The highest BCUT2D eigenvalue weighted by molar-refractivity contribution is 7.90. The van der Waals surface area contributed by atoms with Crippen LogP contribution in [0.1, 0.15) is 0 Å². The largest absolute Gasteiger partial charge is 0.357 e. The first kappa shape index (κ1) is 13.5. The summed E-state index contributed by atoms with van der Waals surface area (Å²) in [5.41, 5.74) is 1.23. The van der Waals surface area contributed by atoms with Crippen molar-refractivity contribution in [1.29, 1.82) is 0 Å². The van der Waals surface area contributed by atoms with Crippen molar-refractivity contribution in [2.45, 2.75) is 0 Å². The van der Waals surface area contributed by atoms with Gasteiger partial charge in [-0.25, -0.2) is 13.4 Å². The maximum Gasteiger partial charge on any atom is 0.226 e. The molecule has 9 heteroatoms. The smallest absolute Gasteiger partial charge is 0.226 e. The van der Waals surface area contributed by atoms with Crippen molar-refractivity contribution in [3.05, 3.63) is 6.33 Å². The third kappa shape index (κ3) is 3.11. The zero-order valence-electron chi connectivity index (χ0n) is 11.0. The summed E-state index contributed by atoms with van der Waals surface area (Å²) in [5.74, 6) is 1.13. The Kier molecular flexibility index (Phi) is 3.56. The molecule has 0 unspecified atom stereocenters. The van der Waals surface area contributed by atoms with Crippen molar-refractivity contribution >= 4 is 32.8 Å². The van der Waals surface area contributed by atoms with E-state index >= 15 is 0 Å². The number of anilines is 2. The van der Waals surface area contributed by atoms with E-state index in [-0.39, 0.29) is 5.75 Å². The first-order chi connectivity index (χ1) is 8.90. The second-order valence-electron chi connectivity index (χ2n) is 4.27. The second-order valence-corrected chi connectivity index (χ2v) is 6.53. The molecule has 0 aliphatic carbocycles. The Morgan fingerprint density at radius 2 is 2.16 bits per heavy atom. The van der Waals surface area contributed by atoms with Crippen LogP contribution < -0.4 is 10.2 Å². The van der Waals surface area contributed by atoms with Crippen molar-refractivity contribution in [3.8, 4) is 0 Å². The molecule has 2 aromatic heterocycles. The lowest BCUT2D eigenvalue weighted by atomic mass is 10.4. The van der Waals surface area contributed by atoms with E-state index in [1.807, 2.05) is 0 Å². The summed E-state index contributed by atoms with van der Waals surface area (Å²) < 4.78 is 22.4. The average Bonchev–Trinajstić information content (AvgIpc) is 2.81. The number of aromatic amines is 1. The van der Waals surface area contributed by atoms with E-state index in [0.717, 1.165) is 0 Å². The van der Waals surface area contributed by atoms with E-state index in [1.54, 1.807) is 19.0 Å². The highest BCUT2D eigenvalue weighted by Gasteiger charge is 2.14. The fourth-order valence-corrected chi connectivity index (χ4v) is 2.22. The molecule has 0 aliphatic heterocycles. The van der Waals surface area contributed by atoms with Crippen molar-refractivity contribution in [2.24, 2.45) is 0 Å². The number of imidazole rings is 1. The third-order valence-corrected chi connectivity index (χ3v) is 3.57. The maximum absolute atomic E-state index is 11.2. The summed E-state index contributed by atoms with van der Waals surface area (Å²) in [6.07, 6.45) is 2.75. The molecular formula is C10H16N6O2S. The van der Waals surface area contributed by atoms with Gasteiger partial charge in [-0.15, -0.1) is 0 Å². The van der Waals surface area contributed by atoms with E-state index in [1.165, 1.54) is 12.6 Å². The summed E-state index contributed by atoms with van der Waals surface area (Å²) in [4.78, 5) is 17.3. The van der Waals surface area contributed by atoms with Gasteiger partial charge in [0.1, 0.15) is 15.4 Å². The summed E-state index contributed by atoms with van der Waals surface area (Å²) in [6, 6.07) is 0. The molecule has 2 heterocycles. The Morgan fingerprint density at radius 1 is 1.42 bits per heavy atom. The highest BCUT2D eigenvalue weighted by Crippen LogP contribution is 2.21. The molecule has 0 spiro atoms. The van der Waals surface area contributed by atoms with Crippen LogP contribution in [0, 0.1) is 0 Å². The van der Waals surface area contributed by atoms with Gasteiger partial charge in [-0.1, -0.05) is 0 Å². The van der Waals surface area contributed by atoms with Crippen LogP contribution in [0.2, 0.25) is 0 Å². The number of nitrogens with one attached hydrogen (secondary N) is 2. The van der Waals surface area contributed by atoms with Crippen molar-refractivity contribution in [1.82, 2.24) is 19.9 Å². The van der Waals surface area contributed by atoms with Crippen LogP contribution in [0.3, 0.4) is 0 Å². The molecule has 0 saturated heterocycles. The molecule has 0 atom stereocenters. The topological polar surface area (TPSA) is 104 Å². The van der Waals surface area contributed by atoms with Crippen molar-refractivity contribution in [2.75, 3.05) is 42.9 Å². The lowest BCUT2D eigenvalue weighted by molar-refractivity contribution is 0.601. The number of rotatable bonds is 5. The Hall–Kier alpha value is -1.90. The zero-order valence-corrected chi connectivity index (χ0v) is 11.8. The summed E-state index contributed by atoms with van der Waals surface area (Å²) >= 11 is 0. The first-order valence-electron chi connectivity index (χ1n) is 5.68. The van der Waals surface area contributed by atoms with Crippen LogP contribution in [-0.4, -0.2) is 61.0 Å². The fraction of sp³-hybridized carbons (Fsp3) is 0.500. The average molecular weight is 284 g/mol. The minimum Gasteiger partial charge on any atom is -0.357 e. The van der Waals surface area contributed by atoms with Crippen molar-refractivity contribution < 1.29 is 8.42 Å². The van der Waals surface area contributed by atoms with Crippen LogP contribution in [0.4, 0.5) is 11.8 Å². The number of sulfone groups is 1. The molecule has 0 aromatic carbocycles. The molecule has 8 nitrogen and oxygen atoms in total. The Labute approximate surface area is 111 Å². The van der Waals surface area contributed by atoms with Gasteiger partial charge in [0.25, 0.3) is 0 Å². The highest BCUT2D eigenvalue weighted by atomic mass is 32.2. The Balaban J connectivity index is 2.34. The van der Waals surface area contributed by atoms with Crippen LogP contribution >= 0.6 is 0 Å². The monoisotopic (exact) mass is 284 g/mol. The van der Waals surface area contributed by atoms with E-state index in [9.17, 15) is 8.42 Å². The Morgan fingerprint density at radius 3 is 2.79 bits per heavy atom. The molecule has 0 aliphatic rings. The summed E-state index contributed by atoms with van der Waals surface area (Å²) in [6.45, 7) is 0.354. The van der Waals surface area contributed by atoms with Crippen LogP contribution in [0.15, 0.2) is 6.33 Å². The molecule has 0 amide bonds. The molecule has 0 saturated carbocycles. The molecule has 104 valence electrons. The molecule has 2 rings (SSSR count). The number of hydrogen-bond donors (Lipinski definition) is 2. The van der Waals surface area contributed by atoms with Gasteiger partial charge in [0, 0.05) is 26.9 Å². The second kappa shape index (κ2) is 5.00. The van der Waals surface area contributed by atoms with Crippen LogP contribution in [0.25, 0.3) is 11.2 Å². The van der Waals surface area contributed by atoms with Crippen LogP contribution in [0.5, 0.6) is 0 Å². The van der Waals surface area contributed by atoms with Gasteiger partial charge in [0.05, 0.1) is 12.1 Å². The van der Waals surface area contributed by atoms with Gasteiger partial charge in [-0.2, -0.15) is 9.97 Å². The quantitative estimate of drug-likeness (QED) is 0.788. The van der Waals surface area contributed by atoms with Gasteiger partial charge < -0.3 is 15.2 Å². The normalized spacial score (nSPS) is 11.7. The number of H-pyrrole nitrogens is 1. The van der Waals surface area contributed by atoms with E-state index in [0.29, 0.717) is 29.5 Å². The SMILES string of the molecule is CNc1nc(N(C)CCS(C)(=O)=O)c2[nH]cnc2n1. The summed E-state index contributed by atoms with van der Waals surface area (Å²) in [5, 5.41) is 2.86. The molecular weight excluding hydrogens is 268 g/mol. The van der Waals surface area contributed by atoms with E-state index < -0.39 is 9.84 Å².